The summed E-state index contributed by atoms with van der Waals surface area (Å²) in [6.45, 7) is 4.60. The van der Waals surface area contributed by atoms with E-state index in [9.17, 15) is 4.79 Å². The first-order valence-corrected chi connectivity index (χ1v) is 7.05. The smallest absolute Gasteiger partial charge is 0.175 e. The lowest BCUT2D eigenvalue weighted by Gasteiger charge is -2.22. The van der Waals surface area contributed by atoms with Gasteiger partial charge >= 0.3 is 0 Å². The Kier molecular flexibility index (Phi) is 4.71. The zero-order valence-corrected chi connectivity index (χ0v) is 11.0. The zero-order valence-electron chi connectivity index (χ0n) is 10.2. The molecule has 0 radical (unpaired) electrons. The standard InChI is InChI=1S/C13H19NO2S/c1-10-5-9-17-13(10)12(15)4-8-16-11-2-6-14-7-3-11/h5,9,11,14H,2-4,6-8H2,1H3. The monoisotopic (exact) mass is 253 g/mol. The molecule has 2 rings (SSSR count). The maximum atomic E-state index is 11.9. The van der Waals surface area contributed by atoms with Gasteiger partial charge in [0.15, 0.2) is 5.78 Å². The van der Waals surface area contributed by atoms with Crippen LogP contribution in [0.1, 0.15) is 34.5 Å². The first-order valence-electron chi connectivity index (χ1n) is 6.17. The quantitative estimate of drug-likeness (QED) is 0.819. The van der Waals surface area contributed by atoms with Crippen LogP contribution < -0.4 is 5.32 Å². The highest BCUT2D eigenvalue weighted by molar-refractivity contribution is 7.12. The van der Waals surface area contributed by atoms with Crippen LogP contribution in [0.3, 0.4) is 0 Å². The van der Waals surface area contributed by atoms with Crippen LogP contribution in [0.4, 0.5) is 0 Å². The predicted molar refractivity (Wildman–Crippen MR) is 69.8 cm³/mol. The van der Waals surface area contributed by atoms with Gasteiger partial charge in [-0.25, -0.2) is 0 Å². The van der Waals surface area contributed by atoms with E-state index >= 15 is 0 Å². The van der Waals surface area contributed by atoms with Gasteiger partial charge in [0.25, 0.3) is 0 Å². The topological polar surface area (TPSA) is 38.3 Å². The number of rotatable bonds is 5. The highest BCUT2D eigenvalue weighted by atomic mass is 32.1. The lowest BCUT2D eigenvalue weighted by atomic mass is 10.1. The Balaban J connectivity index is 1.71. The van der Waals surface area contributed by atoms with Crippen molar-refractivity contribution in [3.63, 3.8) is 0 Å². The van der Waals surface area contributed by atoms with E-state index in [1.54, 1.807) is 0 Å². The molecule has 0 saturated carbocycles. The number of hydrogen-bond donors (Lipinski definition) is 1. The van der Waals surface area contributed by atoms with Crippen molar-refractivity contribution in [2.75, 3.05) is 19.7 Å². The summed E-state index contributed by atoms with van der Waals surface area (Å²) >= 11 is 1.53. The summed E-state index contributed by atoms with van der Waals surface area (Å²) in [5, 5.41) is 5.27. The fourth-order valence-corrected chi connectivity index (χ4v) is 2.95. The Morgan fingerprint density at radius 3 is 2.94 bits per heavy atom. The maximum Gasteiger partial charge on any atom is 0.175 e. The van der Waals surface area contributed by atoms with E-state index in [4.69, 9.17) is 4.74 Å². The van der Waals surface area contributed by atoms with Crippen LogP contribution in [-0.2, 0) is 4.74 Å². The van der Waals surface area contributed by atoms with Gasteiger partial charge in [0.2, 0.25) is 0 Å². The van der Waals surface area contributed by atoms with Gasteiger partial charge < -0.3 is 10.1 Å². The molecule has 0 bridgehead atoms. The summed E-state index contributed by atoms with van der Waals surface area (Å²) in [7, 11) is 0. The molecular formula is C13H19NO2S. The zero-order chi connectivity index (χ0) is 12.1. The first-order chi connectivity index (χ1) is 8.27. The molecule has 0 unspecified atom stereocenters. The Morgan fingerprint density at radius 2 is 2.29 bits per heavy atom. The van der Waals surface area contributed by atoms with Gasteiger partial charge in [-0.15, -0.1) is 11.3 Å². The summed E-state index contributed by atoms with van der Waals surface area (Å²) in [5.41, 5.74) is 1.09. The molecule has 1 aromatic heterocycles. The number of thiophene rings is 1. The van der Waals surface area contributed by atoms with Gasteiger partial charge in [0.1, 0.15) is 0 Å². The van der Waals surface area contributed by atoms with Crippen molar-refractivity contribution in [2.24, 2.45) is 0 Å². The molecule has 0 aromatic carbocycles. The number of Topliss-reactive ketones (excluding diaryl/α,β-unsaturated/α-hetero) is 1. The van der Waals surface area contributed by atoms with E-state index in [0.717, 1.165) is 36.4 Å². The number of carbonyl (C=O) groups is 1. The number of ether oxygens (including phenoxy) is 1. The molecule has 3 nitrogen and oxygen atoms in total. The summed E-state index contributed by atoms with van der Waals surface area (Å²) in [6.07, 6.45) is 2.97. The third-order valence-electron chi connectivity index (χ3n) is 3.08. The lowest BCUT2D eigenvalue weighted by Crippen LogP contribution is -2.32. The van der Waals surface area contributed by atoms with Gasteiger partial charge in [-0.1, -0.05) is 0 Å². The Hall–Kier alpha value is -0.710. The van der Waals surface area contributed by atoms with Gasteiger partial charge in [-0.05, 0) is 49.9 Å². The maximum absolute atomic E-state index is 11.9. The molecule has 4 heteroatoms. The van der Waals surface area contributed by atoms with Crippen LogP contribution in [0.15, 0.2) is 11.4 Å². The molecule has 1 saturated heterocycles. The molecule has 94 valence electrons. The summed E-state index contributed by atoms with van der Waals surface area (Å²) in [4.78, 5) is 12.8. The number of nitrogens with one attached hydrogen (secondary N) is 1. The Morgan fingerprint density at radius 1 is 1.53 bits per heavy atom. The van der Waals surface area contributed by atoms with Gasteiger partial charge in [-0.3, -0.25) is 4.79 Å². The average molecular weight is 253 g/mol. The molecule has 0 spiro atoms. The molecule has 17 heavy (non-hydrogen) atoms. The summed E-state index contributed by atoms with van der Waals surface area (Å²) in [5.74, 6) is 0.214. The van der Waals surface area contributed by atoms with Crippen molar-refractivity contribution in [2.45, 2.75) is 32.3 Å². The van der Waals surface area contributed by atoms with E-state index in [2.05, 4.69) is 5.32 Å². The second-order valence-electron chi connectivity index (χ2n) is 4.43. The SMILES string of the molecule is Cc1ccsc1C(=O)CCOC1CCNCC1. The van der Waals surface area contributed by atoms with Crippen molar-refractivity contribution >= 4 is 17.1 Å². The van der Waals surface area contributed by atoms with Gasteiger partial charge in [-0.2, -0.15) is 0 Å². The number of piperidine rings is 1. The first kappa shape index (κ1) is 12.7. The summed E-state index contributed by atoms with van der Waals surface area (Å²) in [6, 6.07) is 1.99. The molecule has 1 N–H and O–H groups in total. The molecule has 0 atom stereocenters. The van der Waals surface area contributed by atoms with E-state index in [1.807, 2.05) is 18.4 Å². The molecule has 1 fully saturated rings. The number of ketones is 1. The van der Waals surface area contributed by atoms with E-state index in [1.165, 1.54) is 11.3 Å². The molecule has 0 aliphatic carbocycles. The predicted octanol–water partition coefficient (Wildman–Crippen LogP) is 2.40. The second-order valence-corrected chi connectivity index (χ2v) is 5.34. The van der Waals surface area contributed by atoms with Crippen molar-refractivity contribution in [3.8, 4) is 0 Å². The number of hydrogen-bond acceptors (Lipinski definition) is 4. The van der Waals surface area contributed by atoms with Crippen LogP contribution in [0.5, 0.6) is 0 Å². The van der Waals surface area contributed by atoms with Crippen molar-refractivity contribution in [3.05, 3.63) is 21.9 Å². The minimum atomic E-state index is 0.214. The van der Waals surface area contributed by atoms with Crippen LogP contribution in [0, 0.1) is 6.92 Å². The fraction of sp³-hybridized carbons (Fsp3) is 0.615. The lowest BCUT2D eigenvalue weighted by molar-refractivity contribution is 0.0314. The molecule has 1 aromatic rings. The second kappa shape index (κ2) is 6.28. The molecule has 2 heterocycles. The van der Waals surface area contributed by atoms with E-state index in [-0.39, 0.29) is 5.78 Å². The van der Waals surface area contributed by atoms with Crippen LogP contribution in [0.25, 0.3) is 0 Å². The van der Waals surface area contributed by atoms with Crippen molar-refractivity contribution in [1.29, 1.82) is 0 Å². The molecular weight excluding hydrogens is 234 g/mol. The highest BCUT2D eigenvalue weighted by Gasteiger charge is 2.15. The molecule has 1 aliphatic rings. The minimum absolute atomic E-state index is 0.214. The number of aryl methyl sites for hydroxylation is 1. The number of carbonyl (C=O) groups excluding carboxylic acids is 1. The molecule has 1 aliphatic heterocycles. The van der Waals surface area contributed by atoms with Crippen molar-refractivity contribution in [1.82, 2.24) is 5.32 Å². The van der Waals surface area contributed by atoms with E-state index < -0.39 is 0 Å². The van der Waals surface area contributed by atoms with Crippen molar-refractivity contribution < 1.29 is 9.53 Å². The highest BCUT2D eigenvalue weighted by Crippen LogP contribution is 2.18. The third kappa shape index (κ3) is 3.63. The third-order valence-corrected chi connectivity index (χ3v) is 4.14. The van der Waals surface area contributed by atoms with Gasteiger partial charge in [0, 0.05) is 6.42 Å². The van der Waals surface area contributed by atoms with Crippen LogP contribution >= 0.6 is 11.3 Å². The average Bonchev–Trinajstić information content (AvgIpc) is 2.77. The normalized spacial score (nSPS) is 17.2. The Bertz CT molecular complexity index is 369. The van der Waals surface area contributed by atoms with Crippen LogP contribution in [-0.4, -0.2) is 31.6 Å². The van der Waals surface area contributed by atoms with E-state index in [0.29, 0.717) is 19.1 Å². The Labute approximate surface area is 106 Å². The molecule has 0 amide bonds. The van der Waals surface area contributed by atoms with Crippen LogP contribution in [0.2, 0.25) is 0 Å². The summed E-state index contributed by atoms with van der Waals surface area (Å²) < 4.78 is 5.74. The fourth-order valence-electron chi connectivity index (χ4n) is 2.05. The minimum Gasteiger partial charge on any atom is -0.378 e. The van der Waals surface area contributed by atoms with Gasteiger partial charge in [0.05, 0.1) is 17.6 Å². The largest absolute Gasteiger partial charge is 0.378 e.